The molecule has 0 fully saturated rings. The smallest absolute Gasteiger partial charge is 0.324 e. The summed E-state index contributed by atoms with van der Waals surface area (Å²) in [7, 11) is 0. The van der Waals surface area contributed by atoms with Crippen LogP contribution in [0.4, 0.5) is 0 Å². The number of ether oxygens (including phenoxy) is 3. The Hall–Kier alpha value is -5.12. The molecule has 2 heterocycles. The van der Waals surface area contributed by atoms with Crippen molar-refractivity contribution in [2.45, 2.75) is 63.9 Å². The molecule has 0 radical (unpaired) electrons. The highest BCUT2D eigenvalue weighted by atomic mass is 35.5. The number of hydrogen-bond acceptors (Lipinski definition) is 5. The van der Waals surface area contributed by atoms with Gasteiger partial charge in [0.2, 0.25) is 0 Å². The minimum atomic E-state index is -1.66. The fraction of sp³-hybridized carbons (Fsp3) is 0.234. The van der Waals surface area contributed by atoms with Gasteiger partial charge in [0, 0.05) is 50.7 Å². The number of carbonyl (C=O) groups excluding carboxylic acids is 2. The molecule has 0 N–H and O–H groups in total. The first-order valence-electron chi connectivity index (χ1n) is 18.2. The summed E-state index contributed by atoms with van der Waals surface area (Å²) in [6.07, 6.45) is 3.44. The van der Waals surface area contributed by atoms with Crippen LogP contribution in [0.2, 0.25) is 10.0 Å². The largest absolute Gasteiger partial charge is 0.462 e. The molecule has 54 heavy (non-hydrogen) atoms. The lowest BCUT2D eigenvalue weighted by Crippen LogP contribution is -2.44. The topological polar surface area (TPSA) is 61.8 Å². The van der Waals surface area contributed by atoms with Crippen LogP contribution in [-0.2, 0) is 47.8 Å². The van der Waals surface area contributed by atoms with Crippen LogP contribution in [0, 0.1) is 17.3 Å². The van der Waals surface area contributed by atoms with E-state index in [4.69, 9.17) is 37.4 Å². The Morgan fingerprint density at radius 2 is 1.11 bits per heavy atom. The molecule has 5 aromatic rings. The van der Waals surface area contributed by atoms with Crippen molar-refractivity contribution in [2.24, 2.45) is 5.41 Å². The number of rotatable bonds is 7. The van der Waals surface area contributed by atoms with Crippen LogP contribution in [0.3, 0.4) is 0 Å². The van der Waals surface area contributed by atoms with Crippen molar-refractivity contribution < 1.29 is 23.8 Å². The Bertz CT molecular complexity index is 2350. The second-order valence-corrected chi connectivity index (χ2v) is 15.6. The highest BCUT2D eigenvalue weighted by Crippen LogP contribution is 2.65. The van der Waals surface area contributed by atoms with Gasteiger partial charge < -0.3 is 14.2 Å². The van der Waals surface area contributed by atoms with Crippen LogP contribution in [-0.4, -0.2) is 24.1 Å². The zero-order chi connectivity index (χ0) is 37.8. The summed E-state index contributed by atoms with van der Waals surface area (Å²) in [6.45, 7) is 7.14. The molecule has 7 heteroatoms. The predicted octanol–water partition coefficient (Wildman–Crippen LogP) is 10.1. The number of fused-ring (bicyclic) bond motifs is 7. The minimum Gasteiger partial charge on any atom is -0.462 e. The van der Waals surface area contributed by atoms with E-state index in [-0.39, 0.29) is 12.8 Å². The van der Waals surface area contributed by atoms with E-state index < -0.39 is 40.8 Å². The molecule has 8 rings (SSSR count). The lowest BCUT2D eigenvalue weighted by atomic mass is 9.69. The summed E-state index contributed by atoms with van der Waals surface area (Å²) in [5, 5.41) is 1.20. The molecule has 5 nitrogen and oxygen atoms in total. The van der Waals surface area contributed by atoms with Crippen molar-refractivity contribution in [3.8, 4) is 23.0 Å². The van der Waals surface area contributed by atoms with Gasteiger partial charge in [-0.1, -0.05) is 108 Å². The number of hydrogen-bond donors (Lipinski definition) is 0. The first-order chi connectivity index (χ1) is 26.0. The van der Waals surface area contributed by atoms with Crippen molar-refractivity contribution in [3.05, 3.63) is 176 Å². The van der Waals surface area contributed by atoms with Crippen molar-refractivity contribution in [2.75, 3.05) is 0 Å². The number of carbonyl (C=O) groups is 2. The van der Waals surface area contributed by atoms with E-state index in [0.717, 1.165) is 50.1 Å². The van der Waals surface area contributed by atoms with Gasteiger partial charge in [0.1, 0.15) is 11.2 Å². The van der Waals surface area contributed by atoms with Crippen molar-refractivity contribution in [1.29, 1.82) is 0 Å². The lowest BCUT2D eigenvalue weighted by molar-refractivity contribution is -0.176. The third-order valence-corrected chi connectivity index (χ3v) is 11.0. The summed E-state index contributed by atoms with van der Waals surface area (Å²) in [6, 6.07) is 35.3. The molecule has 5 aromatic carbocycles. The van der Waals surface area contributed by atoms with E-state index in [9.17, 15) is 9.59 Å². The summed E-state index contributed by atoms with van der Waals surface area (Å²) >= 11 is 12.8. The van der Waals surface area contributed by atoms with Gasteiger partial charge in [0.15, 0.2) is 5.41 Å². The molecule has 2 unspecified atom stereocenters. The highest BCUT2D eigenvalue weighted by molar-refractivity contribution is 6.30. The normalized spacial score (nSPS) is 20.0. The summed E-state index contributed by atoms with van der Waals surface area (Å²) in [5.41, 5.74) is 4.68. The molecule has 0 amide bonds. The van der Waals surface area contributed by atoms with Crippen molar-refractivity contribution >= 4 is 35.1 Å². The second-order valence-electron chi connectivity index (χ2n) is 14.7. The Balaban J connectivity index is 1.53. The van der Waals surface area contributed by atoms with Crippen molar-refractivity contribution in [1.82, 2.24) is 0 Å². The molecule has 3 aliphatic rings. The average molecular weight is 754 g/mol. The monoisotopic (exact) mass is 752 g/mol. The molecule has 2 bridgehead atoms. The van der Waals surface area contributed by atoms with Crippen LogP contribution in [0.25, 0.3) is 11.1 Å². The van der Waals surface area contributed by atoms with E-state index in [2.05, 4.69) is 48.3 Å². The molecule has 270 valence electrons. The van der Waals surface area contributed by atoms with Crippen LogP contribution >= 0.6 is 23.2 Å². The van der Waals surface area contributed by atoms with Gasteiger partial charge in [-0.3, -0.25) is 9.59 Å². The number of halogens is 2. The van der Waals surface area contributed by atoms with Crippen LogP contribution in [0.5, 0.6) is 0 Å². The first-order valence-corrected chi connectivity index (χ1v) is 18.9. The lowest BCUT2D eigenvalue weighted by Gasteiger charge is -2.30. The van der Waals surface area contributed by atoms with Gasteiger partial charge in [-0.25, -0.2) is 0 Å². The van der Waals surface area contributed by atoms with Crippen molar-refractivity contribution in [3.63, 3.8) is 0 Å². The molecule has 0 spiro atoms. The van der Waals surface area contributed by atoms with Crippen LogP contribution in [0.1, 0.15) is 72.2 Å². The number of benzene rings is 5. The van der Waals surface area contributed by atoms with E-state index in [0.29, 0.717) is 15.6 Å². The molecule has 2 atom stereocenters. The van der Waals surface area contributed by atoms with Gasteiger partial charge in [0.05, 0.1) is 12.2 Å². The quantitative estimate of drug-likeness (QED) is 0.0717. The fourth-order valence-electron chi connectivity index (χ4n) is 8.22. The van der Waals surface area contributed by atoms with E-state index in [1.807, 2.05) is 72.8 Å². The second kappa shape index (κ2) is 13.6. The third-order valence-electron chi connectivity index (χ3n) is 10.5. The van der Waals surface area contributed by atoms with Gasteiger partial charge in [0.25, 0.3) is 0 Å². The summed E-state index contributed by atoms with van der Waals surface area (Å²) in [4.78, 5) is 28.9. The molecule has 2 aliphatic heterocycles. The van der Waals surface area contributed by atoms with Gasteiger partial charge in [-0.15, -0.1) is 0 Å². The third kappa shape index (κ3) is 5.76. The number of esters is 2. The van der Waals surface area contributed by atoms with Gasteiger partial charge in [-0.2, -0.15) is 0 Å². The summed E-state index contributed by atoms with van der Waals surface area (Å²) in [5.74, 6) is 5.71. The first kappa shape index (κ1) is 35.9. The average Bonchev–Trinajstić information content (AvgIpc) is 3.85. The zero-order valence-electron chi connectivity index (χ0n) is 30.4. The maximum Gasteiger partial charge on any atom is 0.324 e. The Morgan fingerprint density at radius 1 is 0.630 bits per heavy atom. The summed E-state index contributed by atoms with van der Waals surface area (Å²) < 4.78 is 19.3. The maximum absolute atomic E-state index is 14.4. The SMILES string of the molecule is CC(C)OC(=O)C1(C(=O)OC(C)C)Cc2c(C#Cc3ccc(Cl)cc3)c(-c3ccc(Cl)cc3)c3c(c2C1)C1(c2ccccc2)C=CC3(c2ccccc2)O1. The Morgan fingerprint density at radius 3 is 1.63 bits per heavy atom. The Labute approximate surface area is 325 Å². The fourth-order valence-corrected chi connectivity index (χ4v) is 8.48. The van der Waals surface area contributed by atoms with Crippen LogP contribution in [0.15, 0.2) is 121 Å². The molecule has 1 aliphatic carbocycles. The Kier molecular flexibility index (Phi) is 9.05. The molecule has 0 saturated carbocycles. The van der Waals surface area contributed by atoms with E-state index in [1.165, 1.54) is 0 Å². The standard InChI is InChI=1S/C47H38Cl2O5/c1-29(2)52-43(50)45(44(51)53-30(3)4)27-38-37(24-17-31-15-20-35(48)21-16-31)40(32-18-22-36(49)23-19-32)42-41(39(38)28-45)46(33-11-7-5-8-12-33)25-26-47(42,54-46)34-13-9-6-10-14-34/h5-16,18-23,25-26,29-30H,27-28H2,1-4H3. The molecule has 0 saturated heterocycles. The maximum atomic E-state index is 14.4. The van der Waals surface area contributed by atoms with E-state index in [1.54, 1.807) is 39.8 Å². The van der Waals surface area contributed by atoms with Gasteiger partial charge in [-0.05, 0) is 104 Å². The van der Waals surface area contributed by atoms with Gasteiger partial charge >= 0.3 is 11.9 Å². The zero-order valence-corrected chi connectivity index (χ0v) is 31.9. The van der Waals surface area contributed by atoms with Crippen LogP contribution < -0.4 is 0 Å². The molecular formula is C47H38Cl2O5. The van der Waals surface area contributed by atoms with E-state index >= 15 is 0 Å². The predicted molar refractivity (Wildman–Crippen MR) is 211 cm³/mol. The minimum absolute atomic E-state index is 0.0326. The molecular weight excluding hydrogens is 715 g/mol. The highest BCUT2D eigenvalue weighted by Gasteiger charge is 2.63. The molecule has 0 aromatic heterocycles.